The SMILES string of the molecule is CC1(C)c2ccccc2-c2ccc(-c3nc4c(nc3-n3c5ccc6cccc7c6c5c5c6c(ccc53)sc3cccc-7c36)oc3ccccc34)cc21. The van der Waals surface area contributed by atoms with Gasteiger partial charge in [-0.05, 0) is 86.6 Å². The number of hydrogen-bond donors (Lipinski definition) is 0. The highest BCUT2D eigenvalue weighted by Crippen LogP contribution is 2.53. The van der Waals surface area contributed by atoms with E-state index in [-0.39, 0.29) is 5.41 Å². The fourth-order valence-electron chi connectivity index (χ4n) is 9.67. The standard InChI is InChI=1S/C47H27N3OS/c1-47(2)31-14-5-3-10-26(31)27-19-17-25(23-32(27)47)43-45(49-46-44(48-43)30-11-4-6-15-35(30)51-46)50-33-20-18-24-9-7-12-28-29-13-8-16-36-39(29)42-37(52-36)22-21-34(50)41(42)40(33)38(24)28/h3-23H,1-2H3. The molecule has 11 aromatic rings. The first-order valence-electron chi connectivity index (χ1n) is 17.8. The van der Waals surface area contributed by atoms with Crippen LogP contribution >= 0.6 is 11.3 Å². The molecule has 4 aromatic heterocycles. The summed E-state index contributed by atoms with van der Waals surface area (Å²) in [6, 6.07) is 46.5. The number of nitrogens with zero attached hydrogens (tertiary/aromatic N) is 3. The van der Waals surface area contributed by atoms with Gasteiger partial charge in [-0.3, -0.25) is 4.57 Å². The van der Waals surface area contributed by atoms with Gasteiger partial charge in [-0.2, -0.15) is 4.98 Å². The molecule has 52 heavy (non-hydrogen) atoms. The van der Waals surface area contributed by atoms with Gasteiger partial charge in [0, 0.05) is 47.3 Å². The number of fused-ring (bicyclic) bond motifs is 7. The molecule has 0 bridgehead atoms. The molecule has 0 saturated carbocycles. The van der Waals surface area contributed by atoms with Gasteiger partial charge >= 0.3 is 0 Å². The molecule has 2 aliphatic rings. The van der Waals surface area contributed by atoms with Crippen LogP contribution < -0.4 is 0 Å². The van der Waals surface area contributed by atoms with Crippen molar-refractivity contribution in [2.75, 3.05) is 0 Å². The van der Waals surface area contributed by atoms with Crippen LogP contribution in [-0.4, -0.2) is 14.5 Å². The van der Waals surface area contributed by atoms with Crippen LogP contribution in [0.5, 0.6) is 0 Å². The smallest absolute Gasteiger partial charge is 0.248 e. The minimum Gasteiger partial charge on any atom is -0.436 e. The number of furan rings is 1. The molecule has 0 unspecified atom stereocenters. The molecule has 2 aliphatic carbocycles. The van der Waals surface area contributed by atoms with Gasteiger partial charge in [0.25, 0.3) is 0 Å². The maximum atomic E-state index is 6.46. The predicted molar refractivity (Wildman–Crippen MR) is 216 cm³/mol. The molecule has 242 valence electrons. The summed E-state index contributed by atoms with van der Waals surface area (Å²) >= 11 is 1.88. The van der Waals surface area contributed by atoms with Crippen molar-refractivity contribution in [3.05, 3.63) is 139 Å². The van der Waals surface area contributed by atoms with E-state index in [4.69, 9.17) is 14.4 Å². The van der Waals surface area contributed by atoms with E-state index < -0.39 is 0 Å². The average molecular weight is 682 g/mol. The van der Waals surface area contributed by atoms with Gasteiger partial charge in [-0.15, -0.1) is 11.3 Å². The highest BCUT2D eigenvalue weighted by molar-refractivity contribution is 7.26. The molecule has 13 rings (SSSR count). The second kappa shape index (κ2) is 9.13. The maximum absolute atomic E-state index is 6.46. The second-order valence-corrected chi connectivity index (χ2v) is 16.0. The molecule has 4 heterocycles. The van der Waals surface area contributed by atoms with Crippen LogP contribution in [-0.2, 0) is 5.41 Å². The lowest BCUT2D eigenvalue weighted by atomic mass is 9.82. The van der Waals surface area contributed by atoms with Crippen molar-refractivity contribution in [3.63, 3.8) is 0 Å². The summed E-state index contributed by atoms with van der Waals surface area (Å²) in [7, 11) is 0. The zero-order valence-corrected chi connectivity index (χ0v) is 29.1. The minimum atomic E-state index is -0.148. The molecule has 7 aromatic carbocycles. The fraction of sp³-hybridized carbons (Fsp3) is 0.0638. The molecule has 0 amide bonds. The number of para-hydroxylation sites is 1. The van der Waals surface area contributed by atoms with E-state index in [1.165, 1.54) is 75.1 Å². The lowest BCUT2D eigenvalue weighted by molar-refractivity contribution is 0.651. The minimum absolute atomic E-state index is 0.148. The van der Waals surface area contributed by atoms with Crippen LogP contribution in [0, 0.1) is 0 Å². The Morgan fingerprint density at radius 1 is 0.577 bits per heavy atom. The van der Waals surface area contributed by atoms with Crippen LogP contribution in [0.1, 0.15) is 25.0 Å². The summed E-state index contributed by atoms with van der Waals surface area (Å²) in [6.45, 7) is 4.67. The zero-order valence-electron chi connectivity index (χ0n) is 28.3. The number of aromatic nitrogens is 3. The molecule has 5 heteroatoms. The largest absolute Gasteiger partial charge is 0.436 e. The second-order valence-electron chi connectivity index (χ2n) is 14.9. The summed E-state index contributed by atoms with van der Waals surface area (Å²) in [5.74, 6) is 0.774. The van der Waals surface area contributed by atoms with Gasteiger partial charge in [0.05, 0.1) is 11.0 Å². The van der Waals surface area contributed by atoms with Gasteiger partial charge in [-0.25, -0.2) is 4.98 Å². The summed E-state index contributed by atoms with van der Waals surface area (Å²) in [5, 5.41) is 8.73. The van der Waals surface area contributed by atoms with Crippen molar-refractivity contribution < 1.29 is 4.42 Å². The summed E-state index contributed by atoms with van der Waals surface area (Å²) in [4.78, 5) is 11.0. The van der Waals surface area contributed by atoms with E-state index in [0.29, 0.717) is 5.71 Å². The Morgan fingerprint density at radius 3 is 2.23 bits per heavy atom. The normalized spacial score (nSPS) is 14.1. The van der Waals surface area contributed by atoms with Gasteiger partial charge in [0.1, 0.15) is 16.8 Å². The quantitative estimate of drug-likeness (QED) is 0.182. The van der Waals surface area contributed by atoms with Gasteiger partial charge in [-0.1, -0.05) is 98.8 Å². The predicted octanol–water partition coefficient (Wildman–Crippen LogP) is 12.9. The first-order valence-corrected chi connectivity index (χ1v) is 18.7. The van der Waals surface area contributed by atoms with Crippen LogP contribution in [0.25, 0.3) is 114 Å². The van der Waals surface area contributed by atoms with Crippen molar-refractivity contribution >= 4 is 86.3 Å². The third kappa shape index (κ3) is 3.16. The lowest BCUT2D eigenvalue weighted by Crippen LogP contribution is -2.15. The topological polar surface area (TPSA) is 43.9 Å². The van der Waals surface area contributed by atoms with Gasteiger partial charge in [0.2, 0.25) is 5.71 Å². The van der Waals surface area contributed by atoms with E-state index in [1.54, 1.807) is 0 Å². The van der Waals surface area contributed by atoms with Gasteiger partial charge < -0.3 is 4.42 Å². The molecule has 0 aliphatic heterocycles. The van der Waals surface area contributed by atoms with Crippen LogP contribution in [0.4, 0.5) is 0 Å². The highest BCUT2D eigenvalue weighted by Gasteiger charge is 2.36. The molecule has 0 atom stereocenters. The van der Waals surface area contributed by atoms with Crippen LogP contribution in [0.15, 0.2) is 132 Å². The Hall–Kier alpha value is -6.30. The first-order chi connectivity index (χ1) is 25.5. The summed E-state index contributed by atoms with van der Waals surface area (Å²) < 4.78 is 11.4. The van der Waals surface area contributed by atoms with Crippen molar-refractivity contribution in [2.45, 2.75) is 19.3 Å². The number of thiophene rings is 1. The Morgan fingerprint density at radius 2 is 1.31 bits per heavy atom. The third-order valence-electron chi connectivity index (χ3n) is 11.9. The van der Waals surface area contributed by atoms with E-state index in [9.17, 15) is 0 Å². The number of hydrogen-bond acceptors (Lipinski definition) is 4. The Kier molecular flexibility index (Phi) is 4.81. The van der Waals surface area contributed by atoms with Crippen molar-refractivity contribution in [2.24, 2.45) is 0 Å². The monoisotopic (exact) mass is 681 g/mol. The summed E-state index contributed by atoms with van der Waals surface area (Å²) in [5.41, 5.74) is 13.9. The molecule has 0 radical (unpaired) electrons. The fourth-order valence-corrected chi connectivity index (χ4v) is 10.8. The molecule has 0 fully saturated rings. The van der Waals surface area contributed by atoms with Crippen LogP contribution in [0.2, 0.25) is 0 Å². The number of benzene rings is 7. The van der Waals surface area contributed by atoms with Gasteiger partial charge in [0.15, 0.2) is 5.82 Å². The molecular formula is C47H27N3OS. The lowest BCUT2D eigenvalue weighted by Gasteiger charge is -2.22. The number of rotatable bonds is 2. The maximum Gasteiger partial charge on any atom is 0.248 e. The van der Waals surface area contributed by atoms with Crippen molar-refractivity contribution in [1.29, 1.82) is 0 Å². The highest BCUT2D eigenvalue weighted by atomic mass is 32.1. The molecule has 0 saturated heterocycles. The average Bonchev–Trinajstić information content (AvgIpc) is 3.88. The Bertz CT molecular complexity index is 3450. The molecule has 4 nitrogen and oxygen atoms in total. The Labute approximate surface area is 301 Å². The van der Waals surface area contributed by atoms with E-state index in [2.05, 4.69) is 128 Å². The van der Waals surface area contributed by atoms with E-state index in [0.717, 1.165) is 44.6 Å². The van der Waals surface area contributed by atoms with Crippen LogP contribution in [0.3, 0.4) is 0 Å². The Balaban J connectivity index is 1.21. The molecular weight excluding hydrogens is 655 g/mol. The van der Waals surface area contributed by atoms with E-state index >= 15 is 0 Å². The first kappa shape index (κ1) is 27.4. The zero-order chi connectivity index (χ0) is 34.0. The van der Waals surface area contributed by atoms with Crippen molar-refractivity contribution in [3.8, 4) is 39.3 Å². The summed E-state index contributed by atoms with van der Waals surface area (Å²) in [6.07, 6.45) is 0. The molecule has 0 N–H and O–H groups in total. The third-order valence-corrected chi connectivity index (χ3v) is 13.1. The molecule has 0 spiro atoms. The van der Waals surface area contributed by atoms with Crippen molar-refractivity contribution in [1.82, 2.24) is 14.5 Å². The van der Waals surface area contributed by atoms with E-state index in [1.807, 2.05) is 29.5 Å².